The lowest BCUT2D eigenvalue weighted by atomic mass is 10.3. The second-order valence-corrected chi connectivity index (χ2v) is 3.01. The molecule has 0 saturated carbocycles. The van der Waals surface area contributed by atoms with Crippen LogP contribution in [0.4, 0.5) is 0 Å². The highest BCUT2D eigenvalue weighted by molar-refractivity contribution is 6.17. The Hall–Kier alpha value is 0.750. The molecule has 0 atom stereocenters. The monoisotopic (exact) mass is 252 g/mol. The van der Waals surface area contributed by atoms with Gasteiger partial charge in [-0.05, 0) is 13.0 Å². The van der Waals surface area contributed by atoms with Crippen LogP contribution in [-0.4, -0.2) is 49.0 Å². The molecule has 0 unspecified atom stereocenters. The number of halogens is 3. The third-order valence-electron chi connectivity index (χ3n) is 1.82. The van der Waals surface area contributed by atoms with Gasteiger partial charge in [0.1, 0.15) is 0 Å². The van der Waals surface area contributed by atoms with Gasteiger partial charge in [0.25, 0.3) is 0 Å². The fourth-order valence-corrected chi connectivity index (χ4v) is 1.34. The molecule has 3 nitrogen and oxygen atoms in total. The average molecular weight is 254 g/mol. The fourth-order valence-electron chi connectivity index (χ4n) is 1.22. The van der Waals surface area contributed by atoms with Crippen molar-refractivity contribution in [1.29, 1.82) is 0 Å². The minimum absolute atomic E-state index is 0. The van der Waals surface area contributed by atoms with Crippen LogP contribution in [0.1, 0.15) is 9.27 Å². The molecule has 0 aromatic carbocycles. The highest BCUT2D eigenvalue weighted by atomic mass is 35.5. The molecule has 0 amide bonds. The third-order valence-corrected chi connectivity index (χ3v) is 2.08. The molecule has 0 aliphatic carbocycles. The zero-order valence-corrected chi connectivity index (χ0v) is 9.80. The Labute approximate surface area is 100 Å². The predicted octanol–water partition coefficient (Wildman–Crippen LogP) is -6.07. The first-order valence-corrected chi connectivity index (χ1v) is 4.46. The average Bonchev–Trinajstić information content (AvgIpc) is 2.03. The third kappa shape index (κ3) is 9.06. The van der Waals surface area contributed by atoms with Crippen LogP contribution in [0.2, 0.25) is 0 Å². The van der Waals surface area contributed by atoms with Gasteiger partial charge >= 0.3 is 2.85 Å². The van der Waals surface area contributed by atoms with Crippen LogP contribution in [0.15, 0.2) is 0 Å². The molecule has 0 aromatic rings. The zero-order chi connectivity index (χ0) is 7.23. The largest absolute Gasteiger partial charge is 1.00 e. The zero-order valence-electron chi connectivity index (χ0n) is 9.53. The van der Waals surface area contributed by atoms with Crippen LogP contribution in [0.5, 0.6) is 0 Å². The normalized spacial score (nSPS) is 16.4. The maximum Gasteiger partial charge on any atom is 1.00 e. The van der Waals surface area contributed by atoms with E-state index in [-0.39, 0.29) is 33.1 Å². The van der Waals surface area contributed by atoms with E-state index in [0.29, 0.717) is 0 Å². The van der Waals surface area contributed by atoms with Crippen LogP contribution in [0.25, 0.3) is 0 Å². The first-order valence-electron chi connectivity index (χ1n) is 3.92. The molecule has 0 spiro atoms. The van der Waals surface area contributed by atoms with Gasteiger partial charge in [0.15, 0.2) is 0 Å². The Morgan fingerprint density at radius 2 is 1.77 bits per heavy atom. The summed E-state index contributed by atoms with van der Waals surface area (Å²) in [6, 6.07) is 0. The molecule has 1 fully saturated rings. The lowest BCUT2D eigenvalue weighted by Gasteiger charge is -2.26. The van der Waals surface area contributed by atoms with Crippen LogP contribution >= 0.6 is 11.6 Å². The van der Waals surface area contributed by atoms with Gasteiger partial charge in [0, 0.05) is 32.1 Å². The summed E-state index contributed by atoms with van der Waals surface area (Å²) in [7, 11) is 0. The minimum atomic E-state index is 0. The summed E-state index contributed by atoms with van der Waals surface area (Å²) < 4.78 is 0. The molecule has 1 rings (SSSR count). The van der Waals surface area contributed by atoms with Crippen molar-refractivity contribution in [2.45, 2.75) is 6.42 Å². The topological polar surface area (TPSA) is 46.8 Å². The van der Waals surface area contributed by atoms with Crippen molar-refractivity contribution < 1.29 is 33.1 Å². The molecule has 1 aliphatic rings. The van der Waals surface area contributed by atoms with Crippen LogP contribution < -0.4 is 30.1 Å². The first kappa shape index (κ1) is 19.3. The lowest BCUT2D eigenvalue weighted by molar-refractivity contribution is -0.001000. The van der Waals surface area contributed by atoms with E-state index in [4.69, 9.17) is 11.6 Å². The molecular formula is C7H19Cl3N2O. The van der Waals surface area contributed by atoms with E-state index in [2.05, 4.69) is 10.2 Å². The minimum Gasteiger partial charge on any atom is -1.00 e. The highest BCUT2D eigenvalue weighted by Gasteiger charge is 2.07. The molecule has 1 saturated heterocycles. The van der Waals surface area contributed by atoms with E-state index in [1.165, 1.54) is 19.6 Å². The second-order valence-electron chi connectivity index (χ2n) is 2.63. The Morgan fingerprint density at radius 1 is 1.23 bits per heavy atom. The van der Waals surface area contributed by atoms with E-state index in [0.717, 1.165) is 25.4 Å². The van der Waals surface area contributed by atoms with Gasteiger partial charge < -0.3 is 40.5 Å². The molecular weight excluding hydrogens is 234 g/mol. The molecule has 1 aliphatic heterocycles. The molecule has 0 radical (unpaired) electrons. The molecule has 13 heavy (non-hydrogen) atoms. The number of piperazine rings is 1. The van der Waals surface area contributed by atoms with E-state index in [1.807, 2.05) is 0 Å². The quantitative estimate of drug-likeness (QED) is 0.509. The molecule has 6 heteroatoms. The van der Waals surface area contributed by atoms with Crippen molar-refractivity contribution in [2.75, 3.05) is 38.6 Å². The van der Waals surface area contributed by atoms with Crippen molar-refractivity contribution in [3.8, 4) is 0 Å². The van der Waals surface area contributed by atoms with Gasteiger partial charge in [-0.2, -0.15) is 0 Å². The van der Waals surface area contributed by atoms with Gasteiger partial charge in [0.2, 0.25) is 0 Å². The SMILES string of the molecule is ClCCCN1CCNCC1.O.[Cl-].[Cl-].[H+].[H+]. The highest BCUT2D eigenvalue weighted by Crippen LogP contribution is 1.94. The van der Waals surface area contributed by atoms with Crippen LogP contribution in [0.3, 0.4) is 0 Å². The van der Waals surface area contributed by atoms with Crippen molar-refractivity contribution in [1.82, 2.24) is 10.2 Å². The summed E-state index contributed by atoms with van der Waals surface area (Å²) in [6.07, 6.45) is 1.13. The summed E-state index contributed by atoms with van der Waals surface area (Å²) in [6.45, 7) is 5.84. The number of hydrogen-bond donors (Lipinski definition) is 1. The molecule has 0 bridgehead atoms. The van der Waals surface area contributed by atoms with Gasteiger partial charge in [-0.3, -0.25) is 0 Å². The van der Waals surface area contributed by atoms with Crippen molar-refractivity contribution in [3.05, 3.63) is 0 Å². The van der Waals surface area contributed by atoms with E-state index < -0.39 is 0 Å². The lowest BCUT2D eigenvalue weighted by Crippen LogP contribution is -3.00. The molecule has 84 valence electrons. The van der Waals surface area contributed by atoms with Crippen LogP contribution in [-0.2, 0) is 0 Å². The Balaban J connectivity index is -0.0000000667. The molecule has 0 aromatic heterocycles. The predicted molar refractivity (Wildman–Crippen MR) is 50.5 cm³/mol. The summed E-state index contributed by atoms with van der Waals surface area (Å²) in [5.74, 6) is 0.796. The Bertz CT molecular complexity index is 100. The van der Waals surface area contributed by atoms with E-state index >= 15 is 0 Å². The summed E-state index contributed by atoms with van der Waals surface area (Å²) >= 11 is 5.58. The van der Waals surface area contributed by atoms with Gasteiger partial charge in [-0.15, -0.1) is 11.6 Å². The Kier molecular flexibility index (Phi) is 19.0. The first-order chi connectivity index (χ1) is 4.93. The molecule has 3 N–H and O–H groups in total. The number of rotatable bonds is 3. The van der Waals surface area contributed by atoms with E-state index in [9.17, 15) is 0 Å². The number of nitrogens with one attached hydrogen (secondary N) is 1. The number of nitrogens with zero attached hydrogens (tertiary/aromatic N) is 1. The standard InChI is InChI=1S/C7H15ClN2.2ClH.H2O/c8-2-1-5-10-6-3-9-4-7-10;;;/h9H,1-7H2;2*1H;1H2. The van der Waals surface area contributed by atoms with Crippen molar-refractivity contribution >= 4 is 11.6 Å². The number of hydrogen-bond acceptors (Lipinski definition) is 2. The van der Waals surface area contributed by atoms with Gasteiger partial charge in [-0.1, -0.05) is 0 Å². The maximum atomic E-state index is 5.58. The van der Waals surface area contributed by atoms with Crippen molar-refractivity contribution in [2.24, 2.45) is 0 Å². The van der Waals surface area contributed by atoms with Gasteiger partial charge in [0.05, 0.1) is 0 Å². The summed E-state index contributed by atoms with van der Waals surface area (Å²) in [4.78, 5) is 2.46. The van der Waals surface area contributed by atoms with Crippen LogP contribution in [0, 0.1) is 0 Å². The molecule has 1 heterocycles. The smallest absolute Gasteiger partial charge is 1.00 e. The maximum absolute atomic E-state index is 5.58. The van der Waals surface area contributed by atoms with Gasteiger partial charge in [-0.25, -0.2) is 0 Å². The summed E-state index contributed by atoms with van der Waals surface area (Å²) in [5, 5.41) is 3.32. The number of alkyl halides is 1. The fraction of sp³-hybridized carbons (Fsp3) is 1.00. The Morgan fingerprint density at radius 3 is 2.23 bits per heavy atom. The van der Waals surface area contributed by atoms with E-state index in [1.54, 1.807) is 0 Å². The summed E-state index contributed by atoms with van der Waals surface area (Å²) in [5.41, 5.74) is 0. The van der Waals surface area contributed by atoms with Crippen molar-refractivity contribution in [3.63, 3.8) is 0 Å². The second kappa shape index (κ2) is 12.8.